The van der Waals surface area contributed by atoms with Crippen molar-refractivity contribution in [2.75, 3.05) is 32.7 Å². The van der Waals surface area contributed by atoms with Gasteiger partial charge in [-0.1, -0.05) is 37.3 Å². The van der Waals surface area contributed by atoms with E-state index >= 15 is 0 Å². The van der Waals surface area contributed by atoms with Crippen LogP contribution in [-0.2, 0) is 16.0 Å². The fourth-order valence-electron chi connectivity index (χ4n) is 3.41. The molecule has 31 heavy (non-hydrogen) atoms. The second-order valence-corrected chi connectivity index (χ2v) is 7.92. The molecule has 1 aliphatic heterocycles. The molecule has 1 aliphatic rings. The quantitative estimate of drug-likeness (QED) is 0.228. The number of guanidine groups is 1. The van der Waals surface area contributed by atoms with Crippen LogP contribution < -0.4 is 16.0 Å². The maximum Gasteiger partial charge on any atom is 0.223 e. The third-order valence-corrected chi connectivity index (χ3v) is 5.32. The molecule has 1 aromatic rings. The van der Waals surface area contributed by atoms with Crippen LogP contribution in [0.25, 0.3) is 0 Å². The smallest absolute Gasteiger partial charge is 0.223 e. The second-order valence-electron chi connectivity index (χ2n) is 7.92. The largest absolute Gasteiger partial charge is 0.357 e. The van der Waals surface area contributed by atoms with Crippen molar-refractivity contribution in [3.05, 3.63) is 35.9 Å². The van der Waals surface area contributed by atoms with E-state index in [0.29, 0.717) is 31.9 Å². The van der Waals surface area contributed by atoms with Gasteiger partial charge in [0.25, 0.3) is 0 Å². The Hall–Kier alpha value is -1.84. The molecule has 1 aromatic carbocycles. The maximum absolute atomic E-state index is 12.3. The molecular formula is C23H38IN5O2. The van der Waals surface area contributed by atoms with E-state index in [2.05, 4.69) is 40.0 Å². The molecule has 0 radical (unpaired) electrons. The van der Waals surface area contributed by atoms with Gasteiger partial charge in [-0.05, 0) is 32.3 Å². The average molecular weight is 543 g/mol. The second kappa shape index (κ2) is 15.0. The van der Waals surface area contributed by atoms with Crippen molar-refractivity contribution in [3.63, 3.8) is 0 Å². The number of benzene rings is 1. The van der Waals surface area contributed by atoms with Crippen LogP contribution in [0.2, 0.25) is 0 Å². The summed E-state index contributed by atoms with van der Waals surface area (Å²) < 4.78 is 0. The molecule has 0 bridgehead atoms. The molecule has 8 heteroatoms. The molecule has 0 aliphatic carbocycles. The van der Waals surface area contributed by atoms with Gasteiger partial charge < -0.3 is 20.9 Å². The Bertz CT molecular complexity index is 698. The number of carbonyl (C=O) groups excluding carboxylic acids is 2. The molecule has 0 aromatic heterocycles. The first-order chi connectivity index (χ1) is 14.5. The molecule has 2 amide bonds. The SMILES string of the molecule is CCNC(=NCC1CC(=O)N(CCc2ccccc2)C1)NCCC(=O)NC(C)CC.I. The highest BCUT2D eigenvalue weighted by atomic mass is 127. The van der Waals surface area contributed by atoms with Gasteiger partial charge in [-0.3, -0.25) is 14.6 Å². The first kappa shape index (κ1) is 27.2. The normalized spacial score (nSPS) is 17.1. The van der Waals surface area contributed by atoms with Gasteiger partial charge in [-0.15, -0.1) is 24.0 Å². The van der Waals surface area contributed by atoms with Crippen LogP contribution in [0.4, 0.5) is 0 Å². The lowest BCUT2D eigenvalue weighted by molar-refractivity contribution is -0.127. The van der Waals surface area contributed by atoms with E-state index in [9.17, 15) is 9.59 Å². The van der Waals surface area contributed by atoms with Gasteiger partial charge in [-0.25, -0.2) is 0 Å². The number of amides is 2. The van der Waals surface area contributed by atoms with E-state index < -0.39 is 0 Å². The molecule has 174 valence electrons. The Labute approximate surface area is 203 Å². The van der Waals surface area contributed by atoms with Crippen molar-refractivity contribution in [2.45, 2.75) is 52.5 Å². The summed E-state index contributed by atoms with van der Waals surface area (Å²) in [5, 5.41) is 9.39. The van der Waals surface area contributed by atoms with Gasteiger partial charge >= 0.3 is 0 Å². The van der Waals surface area contributed by atoms with Crippen molar-refractivity contribution in [3.8, 4) is 0 Å². The summed E-state index contributed by atoms with van der Waals surface area (Å²) in [6.07, 6.45) is 2.76. The van der Waals surface area contributed by atoms with Crippen LogP contribution in [0.3, 0.4) is 0 Å². The maximum atomic E-state index is 12.3. The summed E-state index contributed by atoms with van der Waals surface area (Å²) in [5.74, 6) is 1.19. The van der Waals surface area contributed by atoms with Crippen LogP contribution in [0, 0.1) is 5.92 Å². The molecular weight excluding hydrogens is 505 g/mol. The van der Waals surface area contributed by atoms with Gasteiger partial charge in [0, 0.05) is 57.5 Å². The van der Waals surface area contributed by atoms with Gasteiger partial charge in [0.05, 0.1) is 0 Å². The van der Waals surface area contributed by atoms with Crippen LogP contribution in [0.15, 0.2) is 35.3 Å². The Balaban J connectivity index is 0.00000480. The number of nitrogens with zero attached hydrogens (tertiary/aromatic N) is 2. The van der Waals surface area contributed by atoms with Crippen LogP contribution in [-0.4, -0.2) is 61.4 Å². The van der Waals surface area contributed by atoms with Crippen molar-refractivity contribution in [2.24, 2.45) is 10.9 Å². The third-order valence-electron chi connectivity index (χ3n) is 5.32. The number of carbonyl (C=O) groups is 2. The van der Waals surface area contributed by atoms with Gasteiger partial charge in [-0.2, -0.15) is 0 Å². The predicted molar refractivity (Wildman–Crippen MR) is 137 cm³/mol. The minimum absolute atomic E-state index is 0. The molecule has 1 heterocycles. The highest BCUT2D eigenvalue weighted by Gasteiger charge is 2.29. The third kappa shape index (κ3) is 10.3. The first-order valence-corrected chi connectivity index (χ1v) is 11.1. The van der Waals surface area contributed by atoms with Crippen LogP contribution in [0.5, 0.6) is 0 Å². The summed E-state index contributed by atoms with van der Waals surface area (Å²) in [4.78, 5) is 30.8. The van der Waals surface area contributed by atoms with E-state index in [1.165, 1.54) is 5.56 Å². The number of halogens is 1. The topological polar surface area (TPSA) is 85.8 Å². The zero-order valence-electron chi connectivity index (χ0n) is 19.0. The van der Waals surface area contributed by atoms with E-state index in [-0.39, 0.29) is 47.8 Å². The molecule has 1 fully saturated rings. The summed E-state index contributed by atoms with van der Waals surface area (Å²) >= 11 is 0. The lowest BCUT2D eigenvalue weighted by atomic mass is 10.1. The summed E-state index contributed by atoms with van der Waals surface area (Å²) in [6, 6.07) is 10.5. The Morgan fingerprint density at radius 1 is 1.23 bits per heavy atom. The van der Waals surface area contributed by atoms with Crippen LogP contribution >= 0.6 is 24.0 Å². The number of hydrogen-bond acceptors (Lipinski definition) is 3. The lowest BCUT2D eigenvalue weighted by Crippen LogP contribution is -2.40. The zero-order valence-corrected chi connectivity index (χ0v) is 21.4. The molecule has 2 rings (SSSR count). The monoisotopic (exact) mass is 543 g/mol. The summed E-state index contributed by atoms with van der Waals surface area (Å²) in [7, 11) is 0. The molecule has 1 saturated heterocycles. The van der Waals surface area contributed by atoms with Crippen LogP contribution in [0.1, 0.15) is 45.6 Å². The van der Waals surface area contributed by atoms with Gasteiger partial charge in [0.2, 0.25) is 11.8 Å². The van der Waals surface area contributed by atoms with Crippen molar-refractivity contribution < 1.29 is 9.59 Å². The minimum atomic E-state index is 0. The molecule has 3 N–H and O–H groups in total. The van der Waals surface area contributed by atoms with Crippen molar-refractivity contribution in [1.29, 1.82) is 0 Å². The van der Waals surface area contributed by atoms with E-state index in [1.807, 2.05) is 36.9 Å². The molecule has 2 unspecified atom stereocenters. The van der Waals surface area contributed by atoms with Gasteiger partial charge in [0.15, 0.2) is 5.96 Å². The number of nitrogens with one attached hydrogen (secondary N) is 3. The lowest BCUT2D eigenvalue weighted by Gasteiger charge is -2.16. The van der Waals surface area contributed by atoms with Crippen molar-refractivity contribution in [1.82, 2.24) is 20.9 Å². The highest BCUT2D eigenvalue weighted by molar-refractivity contribution is 14.0. The Kier molecular flexibility index (Phi) is 13.2. The van der Waals surface area contributed by atoms with E-state index in [1.54, 1.807) is 0 Å². The zero-order chi connectivity index (χ0) is 21.8. The fourth-order valence-corrected chi connectivity index (χ4v) is 3.41. The number of likely N-dealkylation sites (tertiary alicyclic amines) is 1. The number of hydrogen-bond donors (Lipinski definition) is 3. The number of aliphatic imine (C=N–C) groups is 1. The molecule has 7 nitrogen and oxygen atoms in total. The van der Waals surface area contributed by atoms with E-state index in [4.69, 9.17) is 0 Å². The average Bonchev–Trinajstić information content (AvgIpc) is 3.10. The van der Waals surface area contributed by atoms with Gasteiger partial charge in [0.1, 0.15) is 0 Å². The predicted octanol–water partition coefficient (Wildman–Crippen LogP) is 2.56. The fraction of sp³-hybridized carbons (Fsp3) is 0.609. The minimum Gasteiger partial charge on any atom is -0.357 e. The molecule has 0 spiro atoms. The summed E-state index contributed by atoms with van der Waals surface area (Å²) in [5.41, 5.74) is 1.25. The van der Waals surface area contributed by atoms with Crippen molar-refractivity contribution >= 4 is 41.8 Å². The highest BCUT2D eigenvalue weighted by Crippen LogP contribution is 2.18. The standard InChI is InChI=1S/C23H37N5O2.HI/c1-4-18(3)27-21(29)11-13-25-23(24-5-2)26-16-20-15-22(30)28(17-20)14-12-19-9-7-6-8-10-19;/h6-10,18,20H,4-5,11-17H2,1-3H3,(H,27,29)(H2,24,25,26);1H. The Morgan fingerprint density at radius 3 is 2.65 bits per heavy atom. The molecule has 2 atom stereocenters. The Morgan fingerprint density at radius 2 is 1.97 bits per heavy atom. The number of rotatable bonds is 11. The molecule has 0 saturated carbocycles. The first-order valence-electron chi connectivity index (χ1n) is 11.1. The van der Waals surface area contributed by atoms with E-state index in [0.717, 1.165) is 32.5 Å². The summed E-state index contributed by atoms with van der Waals surface area (Å²) in [6.45, 7) is 9.45.